The van der Waals surface area contributed by atoms with Crippen LogP contribution in [0.25, 0.3) is 0 Å². The molecular weight excluding hydrogens is 933 g/mol. The van der Waals surface area contributed by atoms with Crippen LogP contribution in [0.4, 0.5) is 23.3 Å². The first-order valence-electron chi connectivity index (χ1n) is 22.8. The Kier molecular flexibility index (Phi) is 19.2. The monoisotopic (exact) mass is 998 g/mol. The molecule has 71 heavy (non-hydrogen) atoms. The number of carbonyl (C=O) groups excluding carboxylic acids is 2. The molecule has 2 amide bonds. The zero-order valence-corrected chi connectivity index (χ0v) is 43.7. The number of hydrogen-bond donors (Lipinski definition) is 6. The molecule has 4 aromatic heterocycles. The summed E-state index contributed by atoms with van der Waals surface area (Å²) in [5.74, 6) is 1.51. The molecule has 0 aliphatic rings. The number of hydrogen-bond acceptors (Lipinski definition) is 20. The van der Waals surface area contributed by atoms with Gasteiger partial charge in [0.25, 0.3) is 17.0 Å². The van der Waals surface area contributed by atoms with Gasteiger partial charge >= 0.3 is 6.08 Å². The van der Waals surface area contributed by atoms with Gasteiger partial charge in [-0.2, -0.15) is 29.9 Å². The van der Waals surface area contributed by atoms with Crippen LogP contribution in [0.15, 0.2) is 52.5 Å². The van der Waals surface area contributed by atoms with Crippen molar-refractivity contribution in [2.45, 2.75) is 73.1 Å². The van der Waals surface area contributed by atoms with Gasteiger partial charge in [-0.3, -0.25) is 9.59 Å². The number of benzene rings is 2. The SMILES string of the molecule is CCNCCNc1nc(OC)c(NC(=O)c2coc(Oc3cc(C(C)(C)C)ccc3C)n2)c(OC)n1.CNCCNc1nc(OC)c(NC(=O)c2csc(Oc3cc(C(C)(C)C)ccc3C)n2)c(OC)n1. The molecule has 6 N–H and O–H groups in total. The van der Waals surface area contributed by atoms with Gasteiger partial charge in [0.2, 0.25) is 35.4 Å². The Morgan fingerprint density at radius 2 is 1.08 bits per heavy atom. The number of aryl methyl sites for hydroxylation is 2. The smallest absolute Gasteiger partial charge is 0.399 e. The molecule has 382 valence electrons. The second kappa shape index (κ2) is 25.0. The molecule has 0 aliphatic carbocycles. The number of rotatable bonds is 21. The number of anilines is 4. The van der Waals surface area contributed by atoms with Gasteiger partial charge in [-0.25, -0.2) is 0 Å². The number of thiazole rings is 1. The highest BCUT2D eigenvalue weighted by Gasteiger charge is 2.25. The van der Waals surface area contributed by atoms with Crippen LogP contribution >= 0.6 is 11.3 Å². The zero-order valence-electron chi connectivity index (χ0n) is 42.9. The van der Waals surface area contributed by atoms with E-state index >= 15 is 0 Å². The molecule has 0 bridgehead atoms. The van der Waals surface area contributed by atoms with E-state index in [0.717, 1.165) is 41.9 Å². The van der Waals surface area contributed by atoms with Crippen molar-refractivity contribution >= 4 is 46.4 Å². The van der Waals surface area contributed by atoms with Gasteiger partial charge in [-0.05, 0) is 72.7 Å². The minimum atomic E-state index is -0.568. The Morgan fingerprint density at radius 1 is 0.620 bits per heavy atom. The number of carbonyl (C=O) groups is 2. The Bertz CT molecular complexity index is 2680. The van der Waals surface area contributed by atoms with E-state index in [4.69, 9.17) is 32.8 Å². The summed E-state index contributed by atoms with van der Waals surface area (Å²) in [5.41, 5.74) is 4.66. The van der Waals surface area contributed by atoms with E-state index in [-0.39, 0.29) is 63.2 Å². The third kappa shape index (κ3) is 15.1. The average Bonchev–Trinajstić information content (AvgIpc) is 4.02. The third-order valence-electron chi connectivity index (χ3n) is 10.4. The highest BCUT2D eigenvalue weighted by molar-refractivity contribution is 7.11. The standard InChI is InChI=1S/C25H34N6O5.C24H32N6O4S/c1-8-26-11-12-27-23-30-21(33-6)19(22(31-23)34-7)29-20(32)17-14-35-24(28-17)36-18-13-16(25(3,4)5)10-9-15(18)2;1-14-8-9-15(24(2,3)4)12-17(14)34-23-27-16(13-35-23)19(31)28-18-20(32-6)29-22(26-11-10-25-5)30-21(18)33-7/h9-10,13-14,26H,8,11-12H2,1-7H3,(H,29,32)(H,27,30,31);8-9,12-13,25H,10-11H2,1-7H3,(H,28,31)(H,26,29,30). The largest absolute Gasteiger partial charge is 0.479 e. The predicted molar refractivity (Wildman–Crippen MR) is 274 cm³/mol. The lowest BCUT2D eigenvalue weighted by molar-refractivity contribution is 0.101. The lowest BCUT2D eigenvalue weighted by Crippen LogP contribution is -2.22. The molecule has 0 atom stereocenters. The van der Waals surface area contributed by atoms with E-state index in [1.54, 1.807) is 5.38 Å². The molecule has 21 nitrogen and oxygen atoms in total. The van der Waals surface area contributed by atoms with Crippen LogP contribution in [0.2, 0.25) is 0 Å². The zero-order chi connectivity index (χ0) is 51.9. The molecule has 0 fully saturated rings. The van der Waals surface area contributed by atoms with Crippen molar-refractivity contribution in [1.29, 1.82) is 0 Å². The molecule has 0 radical (unpaired) electrons. The number of likely N-dealkylation sites (N-methyl/N-ethyl adjacent to an activating group) is 2. The topological polar surface area (TPSA) is 252 Å². The maximum absolute atomic E-state index is 13.0. The maximum atomic E-state index is 13.0. The minimum absolute atomic E-state index is 0.00609. The average molecular weight is 999 g/mol. The molecule has 0 saturated carbocycles. The van der Waals surface area contributed by atoms with Crippen molar-refractivity contribution in [3.05, 3.63) is 81.7 Å². The number of oxazole rings is 1. The summed E-state index contributed by atoms with van der Waals surface area (Å²) in [5, 5.41) is 19.8. The predicted octanol–water partition coefficient (Wildman–Crippen LogP) is 8.39. The number of ether oxygens (including phenoxy) is 6. The molecule has 2 aromatic carbocycles. The van der Waals surface area contributed by atoms with Crippen LogP contribution in [0.1, 0.15) is 91.7 Å². The van der Waals surface area contributed by atoms with Crippen LogP contribution in [-0.2, 0) is 10.8 Å². The highest BCUT2D eigenvalue weighted by atomic mass is 32.1. The molecule has 22 heteroatoms. The van der Waals surface area contributed by atoms with Crippen molar-refractivity contribution in [3.63, 3.8) is 0 Å². The number of methoxy groups -OCH3 is 4. The van der Waals surface area contributed by atoms with E-state index in [2.05, 4.69) is 115 Å². The fraction of sp³-hybridized carbons (Fsp3) is 0.429. The van der Waals surface area contributed by atoms with Crippen molar-refractivity contribution in [3.8, 4) is 46.3 Å². The van der Waals surface area contributed by atoms with Crippen LogP contribution in [-0.4, -0.2) is 110 Å². The summed E-state index contributed by atoms with van der Waals surface area (Å²) >= 11 is 1.24. The van der Waals surface area contributed by atoms with Gasteiger partial charge in [-0.15, -0.1) is 0 Å². The van der Waals surface area contributed by atoms with E-state index in [1.807, 2.05) is 52.1 Å². The van der Waals surface area contributed by atoms with Crippen molar-refractivity contribution in [2.75, 3.05) is 89.5 Å². The van der Waals surface area contributed by atoms with E-state index in [1.165, 1.54) is 46.0 Å². The highest BCUT2D eigenvalue weighted by Crippen LogP contribution is 2.37. The molecule has 6 aromatic rings. The Hall–Kier alpha value is -7.30. The summed E-state index contributed by atoms with van der Waals surface area (Å²) in [6.07, 6.45) is 1.16. The fourth-order valence-electron chi connectivity index (χ4n) is 6.26. The van der Waals surface area contributed by atoms with E-state index in [0.29, 0.717) is 41.7 Å². The third-order valence-corrected chi connectivity index (χ3v) is 11.1. The van der Waals surface area contributed by atoms with Crippen LogP contribution in [0.5, 0.6) is 46.3 Å². The van der Waals surface area contributed by atoms with Gasteiger partial charge in [0.05, 0.1) is 28.4 Å². The van der Waals surface area contributed by atoms with Crippen LogP contribution < -0.4 is 60.3 Å². The van der Waals surface area contributed by atoms with Gasteiger partial charge in [0.15, 0.2) is 17.1 Å². The van der Waals surface area contributed by atoms with Gasteiger partial charge in [0.1, 0.15) is 23.5 Å². The summed E-state index contributed by atoms with van der Waals surface area (Å²) in [6, 6.07) is 12.1. The van der Waals surface area contributed by atoms with Crippen molar-refractivity contribution in [2.24, 2.45) is 0 Å². The molecular formula is C49H66N12O9S. The molecule has 4 heterocycles. The van der Waals surface area contributed by atoms with Crippen molar-refractivity contribution < 1.29 is 42.4 Å². The Morgan fingerprint density at radius 3 is 1.54 bits per heavy atom. The van der Waals surface area contributed by atoms with Crippen LogP contribution in [0.3, 0.4) is 0 Å². The molecule has 0 spiro atoms. The van der Waals surface area contributed by atoms with E-state index < -0.39 is 11.8 Å². The first-order valence-corrected chi connectivity index (χ1v) is 23.6. The maximum Gasteiger partial charge on any atom is 0.399 e. The molecule has 0 saturated heterocycles. The molecule has 0 unspecified atom stereocenters. The normalized spacial score (nSPS) is 11.2. The van der Waals surface area contributed by atoms with Crippen LogP contribution in [0, 0.1) is 13.8 Å². The summed E-state index contributed by atoms with van der Waals surface area (Å²) < 4.78 is 38.7. The minimum Gasteiger partial charge on any atom is -0.479 e. The first kappa shape index (κ1) is 54.6. The second-order valence-corrected chi connectivity index (χ2v) is 18.6. The second-order valence-electron chi connectivity index (χ2n) is 17.8. The number of amides is 2. The lowest BCUT2D eigenvalue weighted by Gasteiger charge is -2.20. The lowest BCUT2D eigenvalue weighted by atomic mass is 9.86. The quantitative estimate of drug-likeness (QED) is 0.0370. The van der Waals surface area contributed by atoms with E-state index in [9.17, 15) is 9.59 Å². The number of nitrogens with zero attached hydrogens (tertiary/aromatic N) is 6. The van der Waals surface area contributed by atoms with Crippen molar-refractivity contribution in [1.82, 2.24) is 40.5 Å². The number of aromatic nitrogens is 6. The first-order chi connectivity index (χ1) is 33.8. The summed E-state index contributed by atoms with van der Waals surface area (Å²) in [6.45, 7) is 22.2. The Labute approximate surface area is 418 Å². The van der Waals surface area contributed by atoms with Gasteiger partial charge < -0.3 is 64.7 Å². The molecule has 6 rings (SSSR count). The Balaban J connectivity index is 0.000000264. The van der Waals surface area contributed by atoms with Gasteiger partial charge in [0, 0.05) is 31.6 Å². The fourth-order valence-corrected chi connectivity index (χ4v) is 6.92. The molecule has 0 aliphatic heterocycles. The van der Waals surface area contributed by atoms with Gasteiger partial charge in [-0.1, -0.05) is 84.1 Å². The summed E-state index contributed by atoms with van der Waals surface area (Å²) in [4.78, 5) is 51.6. The summed E-state index contributed by atoms with van der Waals surface area (Å²) in [7, 11) is 7.64. The number of nitrogens with one attached hydrogen (secondary N) is 6.